The van der Waals surface area contributed by atoms with Gasteiger partial charge in [0.05, 0.1) is 16.3 Å². The zero-order valence-corrected chi connectivity index (χ0v) is 21.7. The van der Waals surface area contributed by atoms with Crippen molar-refractivity contribution in [3.63, 3.8) is 0 Å². The number of allylic oxidation sites excluding steroid dienone is 4. The zero-order valence-electron chi connectivity index (χ0n) is 20.9. The summed E-state index contributed by atoms with van der Waals surface area (Å²) in [7, 11) is 2.00. The van der Waals surface area contributed by atoms with Crippen LogP contribution >= 0.6 is 12.2 Å². The quantitative estimate of drug-likeness (QED) is 0.170. The number of nitrogens with zero attached hydrogens (tertiary/aromatic N) is 3. The molecule has 0 saturated heterocycles. The van der Waals surface area contributed by atoms with Gasteiger partial charge in [-0.25, -0.2) is 4.98 Å². The summed E-state index contributed by atoms with van der Waals surface area (Å²) in [5.41, 5.74) is 7.43. The van der Waals surface area contributed by atoms with Crippen LogP contribution in [0.3, 0.4) is 0 Å². The third-order valence-electron chi connectivity index (χ3n) is 5.33. The third-order valence-corrected chi connectivity index (χ3v) is 5.98. The molecule has 0 atom stereocenters. The maximum atomic E-state index is 5.55. The predicted molar refractivity (Wildman–Crippen MR) is 144 cm³/mol. The van der Waals surface area contributed by atoms with Gasteiger partial charge in [-0.1, -0.05) is 82.9 Å². The summed E-state index contributed by atoms with van der Waals surface area (Å²) in [6, 6.07) is 8.51. The molecule has 2 aromatic rings. The number of hydrogen-bond donors (Lipinski definition) is 0. The lowest BCUT2D eigenvalue weighted by atomic mass is 10.0. The maximum absolute atomic E-state index is 5.55. The Hall–Kier alpha value is -2.59. The van der Waals surface area contributed by atoms with Gasteiger partial charge in [0, 0.05) is 24.5 Å². The van der Waals surface area contributed by atoms with Gasteiger partial charge in [0.1, 0.15) is 5.82 Å². The van der Waals surface area contributed by atoms with Crippen molar-refractivity contribution >= 4 is 28.4 Å². The normalized spacial score (nSPS) is 13.2. The minimum Gasteiger partial charge on any atom is -0.333 e. The van der Waals surface area contributed by atoms with Crippen molar-refractivity contribution < 1.29 is 0 Å². The van der Waals surface area contributed by atoms with Gasteiger partial charge in [-0.3, -0.25) is 4.99 Å². The molecule has 3 nitrogen and oxygen atoms in total. The Kier molecular flexibility index (Phi) is 9.09. The van der Waals surface area contributed by atoms with Gasteiger partial charge in [-0.15, -0.1) is 0 Å². The SMILES string of the molecule is C=C(N=C(C)CC(C)C)C(C)=CC=C(C)c1ccc(-c2cn(C)c(C(=S)C(C)C)n2)cc1. The van der Waals surface area contributed by atoms with E-state index in [-0.39, 0.29) is 0 Å². The molecule has 2 rings (SSSR count). The van der Waals surface area contributed by atoms with E-state index in [1.165, 1.54) is 11.1 Å². The van der Waals surface area contributed by atoms with Gasteiger partial charge in [0.2, 0.25) is 0 Å². The van der Waals surface area contributed by atoms with Crippen LogP contribution in [0.1, 0.15) is 66.3 Å². The van der Waals surface area contributed by atoms with E-state index in [0.29, 0.717) is 11.8 Å². The average molecular weight is 448 g/mol. The summed E-state index contributed by atoms with van der Waals surface area (Å²) in [5.74, 6) is 1.77. The minimum atomic E-state index is 0.298. The van der Waals surface area contributed by atoms with Crippen molar-refractivity contribution in [1.82, 2.24) is 9.55 Å². The molecule has 0 aliphatic carbocycles. The first-order valence-corrected chi connectivity index (χ1v) is 11.7. The van der Waals surface area contributed by atoms with Crippen LogP contribution in [0.15, 0.2) is 65.5 Å². The van der Waals surface area contributed by atoms with Crippen LogP contribution < -0.4 is 0 Å². The molecule has 4 heteroatoms. The molecule has 0 aliphatic rings. The smallest absolute Gasteiger partial charge is 0.147 e. The van der Waals surface area contributed by atoms with Gasteiger partial charge in [-0.2, -0.15) is 0 Å². The summed E-state index contributed by atoms with van der Waals surface area (Å²) in [6.45, 7) is 19.0. The van der Waals surface area contributed by atoms with Gasteiger partial charge in [0.25, 0.3) is 0 Å². The molecular weight excluding hydrogens is 410 g/mol. The first-order valence-electron chi connectivity index (χ1n) is 11.3. The van der Waals surface area contributed by atoms with E-state index in [1.807, 2.05) is 17.8 Å². The summed E-state index contributed by atoms with van der Waals surface area (Å²) in [5, 5.41) is 0. The van der Waals surface area contributed by atoms with Crippen molar-refractivity contribution in [2.45, 2.75) is 54.9 Å². The molecule has 170 valence electrons. The first kappa shape index (κ1) is 25.7. The van der Waals surface area contributed by atoms with Crippen molar-refractivity contribution in [2.24, 2.45) is 23.9 Å². The lowest BCUT2D eigenvalue weighted by molar-refractivity contribution is 0.682. The molecule has 0 radical (unpaired) electrons. The van der Waals surface area contributed by atoms with Crippen LogP contribution in [0.25, 0.3) is 16.8 Å². The van der Waals surface area contributed by atoms with Crippen LogP contribution in [-0.4, -0.2) is 20.1 Å². The van der Waals surface area contributed by atoms with Crippen LogP contribution in [0.2, 0.25) is 0 Å². The standard InChI is InChI=1S/C28H37N3S/c1-18(2)16-22(7)29-23(8)20(5)10-11-21(6)24-12-14-25(15-13-24)26-17-31(9)28(30-26)27(32)19(3)4/h10-15,17-19H,8,16H2,1-7,9H3. The van der Waals surface area contributed by atoms with E-state index in [9.17, 15) is 0 Å². The van der Waals surface area contributed by atoms with Gasteiger partial charge in [0.15, 0.2) is 0 Å². The Balaban J connectivity index is 2.16. The number of benzene rings is 1. The second kappa shape index (κ2) is 11.3. The first-order chi connectivity index (χ1) is 15.0. The van der Waals surface area contributed by atoms with E-state index in [0.717, 1.165) is 45.3 Å². The van der Waals surface area contributed by atoms with E-state index in [2.05, 4.69) is 96.5 Å². The molecule has 0 N–H and O–H groups in total. The van der Waals surface area contributed by atoms with Crippen molar-refractivity contribution in [3.8, 4) is 11.3 Å². The highest BCUT2D eigenvalue weighted by Crippen LogP contribution is 2.23. The van der Waals surface area contributed by atoms with Crippen molar-refractivity contribution in [1.29, 1.82) is 0 Å². The topological polar surface area (TPSA) is 30.2 Å². The molecule has 0 aliphatic heterocycles. The predicted octanol–water partition coefficient (Wildman–Crippen LogP) is 7.83. The van der Waals surface area contributed by atoms with E-state index in [4.69, 9.17) is 17.2 Å². The Morgan fingerprint density at radius 1 is 1.09 bits per heavy atom. The van der Waals surface area contributed by atoms with Crippen LogP contribution in [0, 0.1) is 11.8 Å². The maximum Gasteiger partial charge on any atom is 0.147 e. The molecule has 0 bridgehead atoms. The number of aliphatic imine (C=N–C) groups is 1. The Morgan fingerprint density at radius 2 is 1.72 bits per heavy atom. The number of hydrogen-bond acceptors (Lipinski definition) is 3. The van der Waals surface area contributed by atoms with Crippen LogP contribution in [0.5, 0.6) is 0 Å². The van der Waals surface area contributed by atoms with Gasteiger partial charge < -0.3 is 4.57 Å². The fraction of sp³-hybridized carbons (Fsp3) is 0.393. The molecule has 1 heterocycles. The number of thiocarbonyl (C=S) groups is 1. The van der Waals surface area contributed by atoms with Crippen LogP contribution in [-0.2, 0) is 7.05 Å². The summed E-state index contributed by atoms with van der Waals surface area (Å²) >= 11 is 5.55. The molecule has 1 aromatic heterocycles. The second-order valence-electron chi connectivity index (χ2n) is 9.25. The molecular formula is C28H37N3S. The van der Waals surface area contributed by atoms with E-state index >= 15 is 0 Å². The molecule has 0 unspecified atom stereocenters. The number of rotatable bonds is 9. The third kappa shape index (κ3) is 6.96. The highest BCUT2D eigenvalue weighted by molar-refractivity contribution is 7.80. The minimum absolute atomic E-state index is 0.298. The highest BCUT2D eigenvalue weighted by Gasteiger charge is 2.14. The Bertz CT molecular complexity index is 1060. The average Bonchev–Trinajstić information content (AvgIpc) is 3.11. The monoisotopic (exact) mass is 447 g/mol. The van der Waals surface area contributed by atoms with E-state index < -0.39 is 0 Å². The molecule has 0 saturated carbocycles. The largest absolute Gasteiger partial charge is 0.333 e. The fourth-order valence-electron chi connectivity index (χ4n) is 3.39. The number of imidazole rings is 1. The summed E-state index contributed by atoms with van der Waals surface area (Å²) < 4.78 is 2.02. The summed E-state index contributed by atoms with van der Waals surface area (Å²) in [6.07, 6.45) is 7.26. The van der Waals surface area contributed by atoms with Crippen molar-refractivity contribution in [3.05, 3.63) is 71.9 Å². The molecule has 0 spiro atoms. The van der Waals surface area contributed by atoms with Gasteiger partial charge in [-0.05, 0) is 55.7 Å². The van der Waals surface area contributed by atoms with Crippen molar-refractivity contribution in [2.75, 3.05) is 0 Å². The zero-order chi connectivity index (χ0) is 24.0. The van der Waals surface area contributed by atoms with Crippen LogP contribution in [0.4, 0.5) is 0 Å². The summed E-state index contributed by atoms with van der Waals surface area (Å²) in [4.78, 5) is 10.3. The highest BCUT2D eigenvalue weighted by atomic mass is 32.1. The molecule has 0 fully saturated rings. The second-order valence-corrected chi connectivity index (χ2v) is 9.69. The Labute approximate surface area is 199 Å². The fourth-order valence-corrected chi connectivity index (χ4v) is 3.58. The number of aromatic nitrogens is 2. The molecule has 0 amide bonds. The lowest BCUT2D eigenvalue weighted by Crippen LogP contribution is -2.11. The molecule has 32 heavy (non-hydrogen) atoms. The molecule has 1 aromatic carbocycles. The van der Waals surface area contributed by atoms with E-state index in [1.54, 1.807) is 0 Å². The van der Waals surface area contributed by atoms with Gasteiger partial charge >= 0.3 is 0 Å². The Morgan fingerprint density at radius 3 is 2.28 bits per heavy atom. The number of aryl methyl sites for hydroxylation is 1. The lowest BCUT2D eigenvalue weighted by Gasteiger charge is -2.06.